The Hall–Kier alpha value is -0.580. The highest BCUT2D eigenvalue weighted by Crippen LogP contribution is 2.28. The van der Waals surface area contributed by atoms with E-state index in [1.54, 1.807) is 0 Å². The van der Waals surface area contributed by atoms with Gasteiger partial charge in [-0.1, -0.05) is 15.9 Å². The van der Waals surface area contributed by atoms with Crippen molar-refractivity contribution in [3.05, 3.63) is 27.7 Å². The van der Waals surface area contributed by atoms with Crippen LogP contribution < -0.4 is 10.1 Å². The van der Waals surface area contributed by atoms with Gasteiger partial charge < -0.3 is 15.2 Å². The summed E-state index contributed by atoms with van der Waals surface area (Å²) in [6.45, 7) is 10.2. The molecule has 0 saturated heterocycles. The largest absolute Gasteiger partial charge is 0.493 e. The van der Waals surface area contributed by atoms with Crippen molar-refractivity contribution in [2.45, 2.75) is 52.6 Å². The minimum Gasteiger partial charge on any atom is -0.493 e. The Morgan fingerprint density at radius 1 is 1.25 bits per heavy atom. The van der Waals surface area contributed by atoms with Crippen molar-refractivity contribution in [3.63, 3.8) is 0 Å². The average Bonchev–Trinajstić information content (AvgIpc) is 2.33. The number of aryl methyl sites for hydroxylation is 1. The van der Waals surface area contributed by atoms with Gasteiger partial charge in [-0.2, -0.15) is 0 Å². The molecular formula is C16H26BrNO2. The fraction of sp³-hybridized carbons (Fsp3) is 0.625. The molecule has 1 aromatic carbocycles. The molecule has 1 rings (SSSR count). The van der Waals surface area contributed by atoms with Crippen LogP contribution in [-0.2, 0) is 6.54 Å². The van der Waals surface area contributed by atoms with Crippen molar-refractivity contribution in [1.29, 1.82) is 0 Å². The van der Waals surface area contributed by atoms with E-state index in [-0.39, 0.29) is 12.1 Å². The summed E-state index contributed by atoms with van der Waals surface area (Å²) >= 11 is 3.54. The van der Waals surface area contributed by atoms with Gasteiger partial charge in [-0.25, -0.2) is 0 Å². The van der Waals surface area contributed by atoms with E-state index in [2.05, 4.69) is 61.1 Å². The molecule has 0 fully saturated rings. The maximum Gasteiger partial charge on any atom is 0.126 e. The van der Waals surface area contributed by atoms with Crippen molar-refractivity contribution in [2.24, 2.45) is 0 Å². The van der Waals surface area contributed by atoms with Crippen LogP contribution in [0.25, 0.3) is 0 Å². The van der Waals surface area contributed by atoms with E-state index in [4.69, 9.17) is 9.84 Å². The highest BCUT2D eigenvalue weighted by atomic mass is 79.9. The number of rotatable bonds is 7. The third kappa shape index (κ3) is 6.25. The Morgan fingerprint density at radius 3 is 2.55 bits per heavy atom. The van der Waals surface area contributed by atoms with Crippen molar-refractivity contribution < 1.29 is 9.84 Å². The SMILES string of the molecule is Cc1cc(Br)cc(CNC(C)(C)C)c1OCCCCO. The minimum atomic E-state index is 0.0738. The Kier molecular flexibility index (Phi) is 7.00. The van der Waals surface area contributed by atoms with Crippen LogP contribution in [-0.4, -0.2) is 23.9 Å². The highest BCUT2D eigenvalue weighted by Gasteiger charge is 2.13. The van der Waals surface area contributed by atoms with Gasteiger partial charge in [0.15, 0.2) is 0 Å². The quantitative estimate of drug-likeness (QED) is 0.740. The molecule has 1 aromatic rings. The molecule has 0 amide bonds. The Bertz CT molecular complexity index is 427. The second-order valence-corrected chi connectivity index (χ2v) is 7.01. The zero-order valence-electron chi connectivity index (χ0n) is 12.9. The van der Waals surface area contributed by atoms with Crippen LogP contribution in [0.1, 0.15) is 44.7 Å². The van der Waals surface area contributed by atoms with Crippen LogP contribution in [0.3, 0.4) is 0 Å². The van der Waals surface area contributed by atoms with Gasteiger partial charge in [-0.3, -0.25) is 0 Å². The Labute approximate surface area is 130 Å². The van der Waals surface area contributed by atoms with Crippen LogP contribution in [0.5, 0.6) is 5.75 Å². The number of benzene rings is 1. The molecule has 0 aliphatic rings. The summed E-state index contributed by atoms with van der Waals surface area (Å²) in [5.41, 5.74) is 2.37. The number of ether oxygens (including phenoxy) is 1. The first-order valence-corrected chi connectivity index (χ1v) is 7.90. The molecule has 0 aliphatic carbocycles. The van der Waals surface area contributed by atoms with E-state index in [0.29, 0.717) is 6.61 Å². The lowest BCUT2D eigenvalue weighted by molar-refractivity contribution is 0.251. The number of nitrogens with one attached hydrogen (secondary N) is 1. The summed E-state index contributed by atoms with van der Waals surface area (Å²) < 4.78 is 6.99. The lowest BCUT2D eigenvalue weighted by atomic mass is 10.1. The summed E-state index contributed by atoms with van der Waals surface area (Å²) in [7, 11) is 0. The van der Waals surface area contributed by atoms with Crippen LogP contribution in [0, 0.1) is 6.92 Å². The van der Waals surface area contributed by atoms with E-state index >= 15 is 0 Å². The van der Waals surface area contributed by atoms with Crippen LogP contribution in [0.4, 0.5) is 0 Å². The standard InChI is InChI=1S/C16H26BrNO2/c1-12-9-14(17)10-13(11-18-16(2,3)4)15(12)20-8-6-5-7-19/h9-10,18-19H,5-8,11H2,1-4H3. The molecule has 0 spiro atoms. The van der Waals surface area contributed by atoms with Gasteiger partial charge in [0.1, 0.15) is 5.75 Å². The predicted octanol–water partition coefficient (Wildman–Crippen LogP) is 3.80. The zero-order valence-corrected chi connectivity index (χ0v) is 14.5. The summed E-state index contributed by atoms with van der Waals surface area (Å²) in [6, 6.07) is 4.18. The summed E-state index contributed by atoms with van der Waals surface area (Å²) in [5, 5.41) is 12.3. The van der Waals surface area contributed by atoms with Gasteiger partial charge in [-0.15, -0.1) is 0 Å². The van der Waals surface area contributed by atoms with Gasteiger partial charge in [0.2, 0.25) is 0 Å². The fourth-order valence-corrected chi connectivity index (χ4v) is 2.51. The topological polar surface area (TPSA) is 41.5 Å². The van der Waals surface area contributed by atoms with Gasteiger partial charge >= 0.3 is 0 Å². The molecule has 0 unspecified atom stereocenters. The second-order valence-electron chi connectivity index (χ2n) is 6.09. The molecule has 0 bridgehead atoms. The molecule has 0 saturated carbocycles. The van der Waals surface area contributed by atoms with E-state index < -0.39 is 0 Å². The third-order valence-electron chi connectivity index (χ3n) is 2.92. The monoisotopic (exact) mass is 343 g/mol. The average molecular weight is 344 g/mol. The first kappa shape index (κ1) is 17.5. The molecule has 2 N–H and O–H groups in total. The van der Waals surface area contributed by atoms with Crippen molar-refractivity contribution >= 4 is 15.9 Å². The molecule has 0 atom stereocenters. The molecule has 0 aromatic heterocycles. The third-order valence-corrected chi connectivity index (χ3v) is 3.38. The summed E-state index contributed by atoms with van der Waals surface area (Å²) in [6.07, 6.45) is 1.66. The zero-order chi connectivity index (χ0) is 15.2. The number of aliphatic hydroxyl groups is 1. The van der Waals surface area contributed by atoms with Crippen LogP contribution >= 0.6 is 15.9 Å². The molecule has 0 radical (unpaired) electrons. The number of halogens is 1. The second kappa shape index (κ2) is 8.01. The lowest BCUT2D eigenvalue weighted by Crippen LogP contribution is -2.35. The normalized spacial score (nSPS) is 11.7. The molecule has 0 aliphatic heterocycles. The number of aliphatic hydroxyl groups excluding tert-OH is 1. The summed E-state index contributed by atoms with van der Waals surface area (Å²) in [4.78, 5) is 0. The number of hydrogen-bond acceptors (Lipinski definition) is 3. The highest BCUT2D eigenvalue weighted by molar-refractivity contribution is 9.10. The van der Waals surface area contributed by atoms with E-state index in [0.717, 1.165) is 40.7 Å². The maximum atomic E-state index is 8.81. The first-order valence-electron chi connectivity index (χ1n) is 7.11. The number of unbranched alkanes of at least 4 members (excludes halogenated alkanes) is 1. The molecular weight excluding hydrogens is 318 g/mol. The van der Waals surface area contributed by atoms with Crippen LogP contribution in [0.15, 0.2) is 16.6 Å². The van der Waals surface area contributed by atoms with Gasteiger partial charge in [0.05, 0.1) is 6.61 Å². The lowest BCUT2D eigenvalue weighted by Gasteiger charge is -2.22. The molecule has 20 heavy (non-hydrogen) atoms. The first-order chi connectivity index (χ1) is 9.33. The molecule has 4 heteroatoms. The van der Waals surface area contributed by atoms with Crippen LogP contribution in [0.2, 0.25) is 0 Å². The Balaban J connectivity index is 2.79. The maximum absolute atomic E-state index is 8.81. The van der Waals surface area contributed by atoms with E-state index in [1.807, 2.05) is 0 Å². The molecule has 114 valence electrons. The summed E-state index contributed by atoms with van der Waals surface area (Å²) in [5.74, 6) is 0.961. The van der Waals surface area contributed by atoms with Gasteiger partial charge in [0, 0.05) is 28.7 Å². The predicted molar refractivity (Wildman–Crippen MR) is 87.3 cm³/mol. The number of hydrogen-bond donors (Lipinski definition) is 2. The van der Waals surface area contributed by atoms with E-state index in [1.165, 1.54) is 0 Å². The molecule has 0 heterocycles. The van der Waals surface area contributed by atoms with E-state index in [9.17, 15) is 0 Å². The van der Waals surface area contributed by atoms with Gasteiger partial charge in [-0.05, 0) is 58.2 Å². The fourth-order valence-electron chi connectivity index (χ4n) is 1.89. The minimum absolute atomic E-state index is 0.0738. The van der Waals surface area contributed by atoms with Crippen molar-refractivity contribution in [3.8, 4) is 5.75 Å². The molecule has 3 nitrogen and oxygen atoms in total. The smallest absolute Gasteiger partial charge is 0.126 e. The van der Waals surface area contributed by atoms with Crippen molar-refractivity contribution in [1.82, 2.24) is 5.32 Å². The van der Waals surface area contributed by atoms with Crippen molar-refractivity contribution in [2.75, 3.05) is 13.2 Å². The van der Waals surface area contributed by atoms with Gasteiger partial charge in [0.25, 0.3) is 0 Å². The Morgan fingerprint density at radius 2 is 1.95 bits per heavy atom.